The second-order valence-electron chi connectivity index (χ2n) is 6.30. The molecule has 0 unspecified atom stereocenters. The van der Waals surface area contributed by atoms with E-state index in [-0.39, 0.29) is 11.4 Å². The Balaban J connectivity index is 1.65. The van der Waals surface area contributed by atoms with Crippen LogP contribution in [0.25, 0.3) is 0 Å². The number of nitrogens with two attached hydrogens (primary N) is 1. The molecular weight excluding hydrogens is 226 g/mol. The monoisotopic (exact) mass is 253 g/mol. The highest BCUT2D eigenvalue weighted by Gasteiger charge is 2.31. The van der Waals surface area contributed by atoms with Crippen molar-refractivity contribution in [2.24, 2.45) is 11.7 Å². The molecule has 2 fully saturated rings. The van der Waals surface area contributed by atoms with Gasteiger partial charge in [-0.1, -0.05) is 12.8 Å². The molecule has 0 atom stereocenters. The minimum atomic E-state index is -0.211. The molecular formula is C14H27N3O. The summed E-state index contributed by atoms with van der Waals surface area (Å²) < 4.78 is 0. The molecule has 1 amide bonds. The van der Waals surface area contributed by atoms with Gasteiger partial charge in [-0.2, -0.15) is 0 Å². The van der Waals surface area contributed by atoms with E-state index in [0.717, 1.165) is 32.5 Å². The summed E-state index contributed by atoms with van der Waals surface area (Å²) >= 11 is 0. The number of carbonyl (C=O) groups is 1. The summed E-state index contributed by atoms with van der Waals surface area (Å²) in [6.45, 7) is 3.14. The van der Waals surface area contributed by atoms with Crippen molar-refractivity contribution in [1.29, 1.82) is 0 Å². The quantitative estimate of drug-likeness (QED) is 0.789. The van der Waals surface area contributed by atoms with Crippen LogP contribution in [0, 0.1) is 5.92 Å². The lowest BCUT2D eigenvalue weighted by Gasteiger charge is -2.29. The Morgan fingerprint density at radius 2 is 1.94 bits per heavy atom. The molecule has 1 heterocycles. The first kappa shape index (κ1) is 13.8. The van der Waals surface area contributed by atoms with Crippen LogP contribution in [-0.4, -0.2) is 43.0 Å². The second kappa shape index (κ2) is 6.02. The fourth-order valence-corrected chi connectivity index (χ4v) is 3.16. The minimum Gasteiger partial charge on any atom is -0.356 e. The van der Waals surface area contributed by atoms with Crippen LogP contribution in [0.3, 0.4) is 0 Å². The van der Waals surface area contributed by atoms with Crippen LogP contribution in [-0.2, 0) is 4.79 Å². The Morgan fingerprint density at radius 3 is 2.56 bits per heavy atom. The van der Waals surface area contributed by atoms with Gasteiger partial charge in [-0.3, -0.25) is 4.79 Å². The van der Waals surface area contributed by atoms with Gasteiger partial charge in [-0.05, 0) is 51.7 Å². The van der Waals surface area contributed by atoms with E-state index in [1.807, 2.05) is 0 Å². The zero-order valence-electron chi connectivity index (χ0n) is 11.6. The fraction of sp³-hybridized carbons (Fsp3) is 0.929. The van der Waals surface area contributed by atoms with Gasteiger partial charge in [-0.25, -0.2) is 0 Å². The number of hydrogen-bond donors (Lipinski definition) is 2. The SMILES string of the molecule is CN1CCC(CNC(=O)CC2(N)CCCC2)CC1. The summed E-state index contributed by atoms with van der Waals surface area (Å²) in [6.07, 6.45) is 7.29. The van der Waals surface area contributed by atoms with Crippen LogP contribution < -0.4 is 11.1 Å². The lowest BCUT2D eigenvalue weighted by atomic mass is 9.93. The molecule has 0 aromatic carbocycles. The smallest absolute Gasteiger partial charge is 0.221 e. The van der Waals surface area contributed by atoms with Gasteiger partial charge >= 0.3 is 0 Å². The Labute approximate surface area is 110 Å². The zero-order valence-corrected chi connectivity index (χ0v) is 11.6. The molecule has 0 aromatic heterocycles. The van der Waals surface area contributed by atoms with Crippen molar-refractivity contribution in [3.8, 4) is 0 Å². The summed E-state index contributed by atoms with van der Waals surface area (Å²) in [7, 11) is 2.16. The molecule has 0 bridgehead atoms. The van der Waals surface area contributed by atoms with Crippen LogP contribution in [0.1, 0.15) is 44.9 Å². The molecule has 0 spiro atoms. The molecule has 0 radical (unpaired) electrons. The average molecular weight is 253 g/mol. The highest BCUT2D eigenvalue weighted by molar-refractivity contribution is 5.77. The van der Waals surface area contributed by atoms with Crippen LogP contribution in [0.5, 0.6) is 0 Å². The number of rotatable bonds is 4. The van der Waals surface area contributed by atoms with Crippen molar-refractivity contribution in [3.05, 3.63) is 0 Å². The number of piperidine rings is 1. The van der Waals surface area contributed by atoms with Crippen molar-refractivity contribution in [2.45, 2.75) is 50.5 Å². The third-order valence-corrected chi connectivity index (χ3v) is 4.54. The van der Waals surface area contributed by atoms with E-state index in [4.69, 9.17) is 5.73 Å². The standard InChI is InChI=1S/C14H27N3O/c1-17-8-4-12(5-9-17)11-16-13(18)10-14(15)6-2-3-7-14/h12H,2-11,15H2,1H3,(H,16,18). The maximum absolute atomic E-state index is 11.9. The van der Waals surface area contributed by atoms with Crippen molar-refractivity contribution in [1.82, 2.24) is 10.2 Å². The first-order valence-corrected chi connectivity index (χ1v) is 7.31. The van der Waals surface area contributed by atoms with Gasteiger partial charge in [0.15, 0.2) is 0 Å². The Bertz CT molecular complexity index is 279. The first-order chi connectivity index (χ1) is 8.57. The number of hydrogen-bond acceptors (Lipinski definition) is 3. The van der Waals surface area contributed by atoms with Crippen LogP contribution in [0.15, 0.2) is 0 Å². The summed E-state index contributed by atoms with van der Waals surface area (Å²) in [5.74, 6) is 0.806. The number of nitrogens with one attached hydrogen (secondary N) is 1. The third kappa shape index (κ3) is 3.95. The maximum atomic E-state index is 11.9. The van der Waals surface area contributed by atoms with E-state index >= 15 is 0 Å². The van der Waals surface area contributed by atoms with E-state index < -0.39 is 0 Å². The van der Waals surface area contributed by atoms with Crippen LogP contribution in [0.2, 0.25) is 0 Å². The fourth-order valence-electron chi connectivity index (χ4n) is 3.16. The maximum Gasteiger partial charge on any atom is 0.221 e. The summed E-state index contributed by atoms with van der Waals surface area (Å²) in [6, 6.07) is 0. The van der Waals surface area contributed by atoms with Gasteiger partial charge in [-0.15, -0.1) is 0 Å². The van der Waals surface area contributed by atoms with Crippen molar-refractivity contribution >= 4 is 5.91 Å². The normalized spacial score (nSPS) is 25.2. The molecule has 104 valence electrons. The Kier molecular flexibility index (Phi) is 4.62. The molecule has 4 nitrogen and oxygen atoms in total. The molecule has 4 heteroatoms. The minimum absolute atomic E-state index is 0.151. The van der Waals surface area contributed by atoms with Gasteiger partial charge in [0.1, 0.15) is 0 Å². The van der Waals surface area contributed by atoms with Crippen molar-refractivity contribution in [3.63, 3.8) is 0 Å². The molecule has 1 saturated carbocycles. The first-order valence-electron chi connectivity index (χ1n) is 7.31. The molecule has 3 N–H and O–H groups in total. The van der Waals surface area contributed by atoms with E-state index in [1.165, 1.54) is 25.7 Å². The highest BCUT2D eigenvalue weighted by Crippen LogP contribution is 2.29. The molecule has 1 aliphatic carbocycles. The van der Waals surface area contributed by atoms with Gasteiger partial charge in [0.05, 0.1) is 0 Å². The van der Waals surface area contributed by atoms with Crippen LogP contribution >= 0.6 is 0 Å². The van der Waals surface area contributed by atoms with Crippen molar-refractivity contribution < 1.29 is 4.79 Å². The molecule has 1 saturated heterocycles. The predicted molar refractivity (Wildman–Crippen MR) is 73.2 cm³/mol. The molecule has 1 aliphatic heterocycles. The lowest BCUT2D eigenvalue weighted by molar-refractivity contribution is -0.122. The van der Waals surface area contributed by atoms with E-state index in [2.05, 4.69) is 17.3 Å². The van der Waals surface area contributed by atoms with E-state index in [0.29, 0.717) is 12.3 Å². The molecule has 0 aromatic rings. The summed E-state index contributed by atoms with van der Waals surface area (Å²) in [4.78, 5) is 14.3. The summed E-state index contributed by atoms with van der Waals surface area (Å²) in [5.41, 5.74) is 6.01. The Morgan fingerprint density at radius 1 is 1.33 bits per heavy atom. The van der Waals surface area contributed by atoms with Gasteiger partial charge in [0.25, 0.3) is 0 Å². The Hall–Kier alpha value is -0.610. The molecule has 2 aliphatic rings. The largest absolute Gasteiger partial charge is 0.356 e. The van der Waals surface area contributed by atoms with E-state index in [1.54, 1.807) is 0 Å². The summed E-state index contributed by atoms with van der Waals surface area (Å²) in [5, 5.41) is 3.08. The van der Waals surface area contributed by atoms with Gasteiger partial charge in [0, 0.05) is 18.5 Å². The highest BCUT2D eigenvalue weighted by atomic mass is 16.1. The number of nitrogens with zero attached hydrogens (tertiary/aromatic N) is 1. The van der Waals surface area contributed by atoms with Crippen LogP contribution in [0.4, 0.5) is 0 Å². The average Bonchev–Trinajstić information content (AvgIpc) is 2.75. The predicted octanol–water partition coefficient (Wildman–Crippen LogP) is 1.11. The van der Waals surface area contributed by atoms with E-state index in [9.17, 15) is 4.79 Å². The number of amides is 1. The molecule has 18 heavy (non-hydrogen) atoms. The van der Waals surface area contributed by atoms with Gasteiger partial charge in [0.2, 0.25) is 5.91 Å². The van der Waals surface area contributed by atoms with Crippen molar-refractivity contribution in [2.75, 3.05) is 26.7 Å². The van der Waals surface area contributed by atoms with Gasteiger partial charge < -0.3 is 16.0 Å². The number of carbonyl (C=O) groups excluding carboxylic acids is 1. The number of likely N-dealkylation sites (tertiary alicyclic amines) is 1. The second-order valence-corrected chi connectivity index (χ2v) is 6.30. The lowest BCUT2D eigenvalue weighted by Crippen LogP contribution is -2.43. The topological polar surface area (TPSA) is 58.4 Å². The third-order valence-electron chi connectivity index (χ3n) is 4.54. The zero-order chi connectivity index (χ0) is 13.0. The molecule has 2 rings (SSSR count).